The van der Waals surface area contributed by atoms with E-state index in [9.17, 15) is 51.8 Å². The van der Waals surface area contributed by atoms with Gasteiger partial charge in [0.25, 0.3) is 11.8 Å². The molecular weight excluding hydrogens is 805 g/mol. The van der Waals surface area contributed by atoms with E-state index in [1.807, 2.05) is 6.92 Å². The molecule has 60 heavy (non-hydrogen) atoms. The first-order valence-corrected chi connectivity index (χ1v) is 18.5. The SMILES string of the molecule is CCCCCC(C(=O)NCNC(=O)c1ccc(-c2ccc(C(=O)NC(CC(=O)O)C(=O)O)c(OCC)c2)o1)C(CC)N(C=O)OC(=O)c1ccc(OC)cc1OC(F)(F)F. The first kappa shape index (κ1) is 47.6. The Balaban J connectivity index is 1.73. The molecule has 3 unspecified atom stereocenters. The quantitative estimate of drug-likeness (QED) is 0.0348. The third-order valence-corrected chi connectivity index (χ3v) is 8.73. The summed E-state index contributed by atoms with van der Waals surface area (Å²) in [6.45, 7) is 4.84. The van der Waals surface area contributed by atoms with Crippen LogP contribution in [0.5, 0.6) is 17.2 Å². The molecule has 5 N–H and O–H groups in total. The normalized spacial score (nSPS) is 12.5. The molecule has 3 aromatic rings. The summed E-state index contributed by atoms with van der Waals surface area (Å²) in [5.41, 5.74) is -0.419. The molecule has 326 valence electrons. The van der Waals surface area contributed by atoms with Crippen molar-refractivity contribution < 1.29 is 80.4 Å². The molecule has 2 aromatic carbocycles. The number of nitrogens with one attached hydrogen (secondary N) is 3. The van der Waals surface area contributed by atoms with E-state index in [1.165, 1.54) is 43.5 Å². The molecule has 4 amide bonds. The van der Waals surface area contributed by atoms with Gasteiger partial charge in [0.15, 0.2) is 5.76 Å². The van der Waals surface area contributed by atoms with Gasteiger partial charge in [-0.3, -0.25) is 24.0 Å². The molecule has 0 aliphatic rings. The summed E-state index contributed by atoms with van der Waals surface area (Å²) in [5.74, 6) is -8.68. The van der Waals surface area contributed by atoms with Crippen molar-refractivity contribution in [3.8, 4) is 28.6 Å². The molecule has 0 spiro atoms. The van der Waals surface area contributed by atoms with Gasteiger partial charge in [0, 0.05) is 11.6 Å². The lowest BCUT2D eigenvalue weighted by Crippen LogP contribution is -2.49. The van der Waals surface area contributed by atoms with Crippen molar-refractivity contribution in [3.05, 3.63) is 65.4 Å². The van der Waals surface area contributed by atoms with E-state index in [1.54, 1.807) is 13.8 Å². The molecule has 0 saturated heterocycles. The van der Waals surface area contributed by atoms with Gasteiger partial charge in [0.05, 0.1) is 44.3 Å². The van der Waals surface area contributed by atoms with Crippen molar-refractivity contribution in [2.75, 3.05) is 20.4 Å². The number of aliphatic carboxylic acids is 2. The minimum absolute atomic E-state index is 0.0137. The van der Waals surface area contributed by atoms with Crippen molar-refractivity contribution in [1.82, 2.24) is 21.0 Å². The van der Waals surface area contributed by atoms with Crippen LogP contribution in [0.4, 0.5) is 13.2 Å². The second kappa shape index (κ2) is 22.4. The third kappa shape index (κ3) is 13.7. The number of carbonyl (C=O) groups is 7. The highest BCUT2D eigenvalue weighted by molar-refractivity contribution is 6.00. The average molecular weight is 851 g/mol. The lowest BCUT2D eigenvalue weighted by molar-refractivity contribution is -0.274. The fourth-order valence-corrected chi connectivity index (χ4v) is 5.87. The number of carboxylic acid groups (broad SMARTS) is 2. The second-order valence-electron chi connectivity index (χ2n) is 12.8. The van der Waals surface area contributed by atoms with E-state index in [0.717, 1.165) is 18.6 Å². The van der Waals surface area contributed by atoms with E-state index < -0.39 is 84.4 Å². The van der Waals surface area contributed by atoms with Crippen molar-refractivity contribution in [2.45, 2.75) is 77.7 Å². The highest BCUT2D eigenvalue weighted by Gasteiger charge is 2.36. The van der Waals surface area contributed by atoms with E-state index in [4.69, 9.17) is 23.8 Å². The summed E-state index contributed by atoms with van der Waals surface area (Å²) in [6.07, 6.45) is -3.66. The summed E-state index contributed by atoms with van der Waals surface area (Å²) >= 11 is 0. The molecule has 18 nitrogen and oxygen atoms in total. The third-order valence-electron chi connectivity index (χ3n) is 8.73. The average Bonchev–Trinajstić information content (AvgIpc) is 3.69. The highest BCUT2D eigenvalue weighted by Crippen LogP contribution is 2.32. The predicted octanol–water partition coefficient (Wildman–Crippen LogP) is 4.92. The van der Waals surface area contributed by atoms with Crippen LogP contribution in [0.15, 0.2) is 52.9 Å². The van der Waals surface area contributed by atoms with Gasteiger partial charge in [-0.1, -0.05) is 39.2 Å². The van der Waals surface area contributed by atoms with Crippen LogP contribution < -0.4 is 30.2 Å². The molecule has 0 saturated carbocycles. The maximum absolute atomic E-state index is 13.6. The lowest BCUT2D eigenvalue weighted by Gasteiger charge is -2.32. The second-order valence-corrected chi connectivity index (χ2v) is 12.8. The number of alkyl halides is 3. The molecule has 21 heteroatoms. The Hall–Kier alpha value is -6.80. The molecule has 1 heterocycles. The number of unbranched alkanes of at least 4 members (excludes halogenated alkanes) is 2. The molecule has 0 radical (unpaired) electrons. The van der Waals surface area contributed by atoms with Gasteiger partial charge in [0.1, 0.15) is 34.6 Å². The van der Waals surface area contributed by atoms with E-state index in [2.05, 4.69) is 20.7 Å². The number of amides is 4. The van der Waals surface area contributed by atoms with Crippen molar-refractivity contribution in [1.29, 1.82) is 0 Å². The maximum Gasteiger partial charge on any atom is 0.573 e. The Labute approximate surface area is 341 Å². The van der Waals surface area contributed by atoms with Crippen molar-refractivity contribution in [3.63, 3.8) is 0 Å². The summed E-state index contributed by atoms with van der Waals surface area (Å²) in [4.78, 5) is 92.6. The van der Waals surface area contributed by atoms with Gasteiger partial charge in [-0.2, -0.15) is 5.06 Å². The number of hydrogen-bond acceptors (Lipinski definition) is 12. The van der Waals surface area contributed by atoms with Crippen LogP contribution in [0.1, 0.15) is 90.6 Å². The van der Waals surface area contributed by atoms with Gasteiger partial charge in [-0.15, -0.1) is 13.2 Å². The molecule has 0 bridgehead atoms. The fourth-order valence-electron chi connectivity index (χ4n) is 5.87. The Morgan fingerprint density at radius 3 is 2.22 bits per heavy atom. The van der Waals surface area contributed by atoms with Gasteiger partial charge >= 0.3 is 24.3 Å². The number of methoxy groups -OCH3 is 1. The zero-order chi connectivity index (χ0) is 44.6. The Morgan fingerprint density at radius 1 is 0.900 bits per heavy atom. The minimum atomic E-state index is -5.18. The van der Waals surface area contributed by atoms with Crippen LogP contribution in [0, 0.1) is 5.92 Å². The van der Waals surface area contributed by atoms with Gasteiger partial charge in [-0.25, -0.2) is 9.59 Å². The van der Waals surface area contributed by atoms with E-state index in [-0.39, 0.29) is 54.4 Å². The van der Waals surface area contributed by atoms with Gasteiger partial charge < -0.3 is 49.6 Å². The topological polar surface area (TPSA) is 249 Å². The van der Waals surface area contributed by atoms with Crippen LogP contribution in [0.2, 0.25) is 0 Å². The van der Waals surface area contributed by atoms with Crippen LogP contribution in [0.25, 0.3) is 11.3 Å². The van der Waals surface area contributed by atoms with Gasteiger partial charge in [0.2, 0.25) is 12.3 Å². The number of hydrogen-bond donors (Lipinski definition) is 5. The highest BCUT2D eigenvalue weighted by atomic mass is 19.4. The largest absolute Gasteiger partial charge is 0.573 e. The standard InChI is InChI=1S/C39H45F3N4O14/c1-5-8-9-10-24(28(6-2)46(21-47)60-38(55)26-14-12-23(56-4)18-32(26)59-39(40,41)42)34(50)43-20-44-36(52)30-16-15-29(58-30)22-11-13-25(31(17-22)57-7-3)35(51)45-27(37(53)54)19-33(48)49/h11-18,21,24,27-28H,5-10,19-20H2,1-4H3,(H,43,50)(H,44,52)(H,45,51)(H,48,49)(H,53,54). The maximum atomic E-state index is 13.6. The Bertz CT molecular complexity index is 2000. The molecule has 3 rings (SSSR count). The Kier molecular flexibility index (Phi) is 17.7. The molecule has 0 aliphatic carbocycles. The molecule has 3 atom stereocenters. The lowest BCUT2D eigenvalue weighted by atomic mass is 9.90. The van der Waals surface area contributed by atoms with Crippen molar-refractivity contribution >= 4 is 42.0 Å². The first-order valence-electron chi connectivity index (χ1n) is 18.5. The first-order chi connectivity index (χ1) is 28.5. The van der Waals surface area contributed by atoms with Crippen LogP contribution in [-0.2, 0) is 24.0 Å². The van der Waals surface area contributed by atoms with Crippen LogP contribution in [-0.4, -0.2) is 96.1 Å². The zero-order valence-electron chi connectivity index (χ0n) is 33.0. The summed E-state index contributed by atoms with van der Waals surface area (Å²) < 4.78 is 59.6. The van der Waals surface area contributed by atoms with E-state index in [0.29, 0.717) is 23.5 Å². The molecular formula is C39H45F3N4O14. The number of halogens is 3. The molecule has 0 aliphatic heterocycles. The molecule has 0 fully saturated rings. The Morgan fingerprint density at radius 2 is 1.62 bits per heavy atom. The number of carboxylic acids is 2. The van der Waals surface area contributed by atoms with Crippen LogP contribution >= 0.6 is 0 Å². The number of benzene rings is 2. The number of ether oxygens (including phenoxy) is 3. The minimum Gasteiger partial charge on any atom is -0.497 e. The predicted molar refractivity (Wildman–Crippen MR) is 202 cm³/mol. The van der Waals surface area contributed by atoms with Crippen LogP contribution in [0.3, 0.4) is 0 Å². The fraction of sp³-hybridized carbons (Fsp3) is 0.410. The number of furan rings is 1. The van der Waals surface area contributed by atoms with Crippen molar-refractivity contribution in [2.24, 2.45) is 5.92 Å². The number of rotatable bonds is 24. The monoisotopic (exact) mass is 850 g/mol. The molecule has 1 aromatic heterocycles. The smallest absolute Gasteiger partial charge is 0.497 e. The van der Waals surface area contributed by atoms with E-state index >= 15 is 0 Å². The summed E-state index contributed by atoms with van der Waals surface area (Å²) in [5, 5.41) is 26.1. The summed E-state index contributed by atoms with van der Waals surface area (Å²) in [6, 6.07) is 7.10. The number of carbonyl (C=O) groups excluding carboxylic acids is 5. The van der Waals surface area contributed by atoms with Gasteiger partial charge in [-0.05, 0) is 56.2 Å². The number of hydroxylamine groups is 2. The summed E-state index contributed by atoms with van der Waals surface area (Å²) in [7, 11) is 1.19. The number of nitrogens with zero attached hydrogens (tertiary/aromatic N) is 1. The zero-order valence-corrected chi connectivity index (χ0v) is 33.0.